The summed E-state index contributed by atoms with van der Waals surface area (Å²) in [6.45, 7) is 0.474. The molecule has 1 N–H and O–H groups in total. The molecule has 0 aliphatic rings. The Bertz CT molecular complexity index is 1410. The monoisotopic (exact) mass is 485 g/mol. The fraction of sp³-hybridized carbons (Fsp3) is 0.261. The highest BCUT2D eigenvalue weighted by Gasteiger charge is 2.13. The van der Waals surface area contributed by atoms with E-state index in [1.807, 2.05) is 18.2 Å². The van der Waals surface area contributed by atoms with Crippen molar-refractivity contribution in [1.82, 2.24) is 19.6 Å². The molecule has 3 aromatic heterocycles. The van der Waals surface area contributed by atoms with Crippen LogP contribution in [0.3, 0.4) is 0 Å². The third-order valence-electron chi connectivity index (χ3n) is 5.15. The van der Waals surface area contributed by atoms with Crippen LogP contribution in [-0.4, -0.2) is 53.7 Å². The number of ether oxygens (including phenoxy) is 2. The topological polar surface area (TPSA) is 108 Å². The quantitative estimate of drug-likeness (QED) is 0.341. The molecule has 11 heteroatoms. The number of methoxy groups -OCH3 is 1. The van der Waals surface area contributed by atoms with Crippen LogP contribution in [0.25, 0.3) is 16.8 Å². The van der Waals surface area contributed by atoms with Crippen LogP contribution >= 0.6 is 0 Å². The summed E-state index contributed by atoms with van der Waals surface area (Å²) >= 11 is 0. The summed E-state index contributed by atoms with van der Waals surface area (Å²) in [5.41, 5.74) is 2.54. The Morgan fingerprint density at radius 2 is 2.03 bits per heavy atom. The SMILES string of the molecule is COc1cccc(F)c1CNc1ccc(-c2cncc(OCCCS(C)(=O)=O)c2)c2nncn12. The normalized spacial score (nSPS) is 11.5. The molecule has 0 saturated carbocycles. The lowest BCUT2D eigenvalue weighted by molar-refractivity contribution is 0.316. The summed E-state index contributed by atoms with van der Waals surface area (Å²) in [7, 11) is -1.53. The number of pyridine rings is 2. The van der Waals surface area contributed by atoms with E-state index in [0.29, 0.717) is 34.9 Å². The maximum absolute atomic E-state index is 14.3. The van der Waals surface area contributed by atoms with Crippen molar-refractivity contribution in [3.63, 3.8) is 0 Å². The predicted molar refractivity (Wildman–Crippen MR) is 126 cm³/mol. The Morgan fingerprint density at radius 3 is 2.82 bits per heavy atom. The van der Waals surface area contributed by atoms with Crippen LogP contribution in [0.4, 0.5) is 10.2 Å². The van der Waals surface area contributed by atoms with E-state index in [1.165, 1.54) is 19.4 Å². The molecule has 1 aromatic carbocycles. The third-order valence-corrected chi connectivity index (χ3v) is 6.18. The molecule has 0 saturated heterocycles. The van der Waals surface area contributed by atoms with E-state index in [4.69, 9.17) is 9.47 Å². The second-order valence-corrected chi connectivity index (χ2v) is 9.93. The maximum Gasteiger partial charge on any atom is 0.170 e. The Balaban J connectivity index is 1.54. The zero-order valence-corrected chi connectivity index (χ0v) is 19.5. The van der Waals surface area contributed by atoms with Gasteiger partial charge in [-0.2, -0.15) is 0 Å². The average Bonchev–Trinajstić information content (AvgIpc) is 3.31. The standard InChI is InChI=1S/C23H24FN5O4S/c1-32-21-6-3-5-20(24)19(21)14-26-22-8-7-18(23-28-27-15-29(22)23)16-11-17(13-25-12-16)33-9-4-10-34(2,30)31/h3,5-8,11-13,15,26H,4,9-10,14H2,1-2H3. The summed E-state index contributed by atoms with van der Waals surface area (Å²) in [6, 6.07) is 10.2. The Morgan fingerprint density at radius 1 is 1.18 bits per heavy atom. The van der Waals surface area contributed by atoms with Crippen molar-refractivity contribution in [1.29, 1.82) is 0 Å². The Kier molecular flexibility index (Phi) is 6.92. The number of benzene rings is 1. The van der Waals surface area contributed by atoms with Gasteiger partial charge in [-0.25, -0.2) is 12.8 Å². The van der Waals surface area contributed by atoms with E-state index in [2.05, 4.69) is 20.5 Å². The van der Waals surface area contributed by atoms with Gasteiger partial charge in [-0.15, -0.1) is 10.2 Å². The van der Waals surface area contributed by atoms with Gasteiger partial charge in [0.2, 0.25) is 0 Å². The molecule has 0 bridgehead atoms. The van der Waals surface area contributed by atoms with Crippen LogP contribution in [0.15, 0.2) is 55.1 Å². The second kappa shape index (κ2) is 10.0. The molecule has 0 aliphatic heterocycles. The van der Waals surface area contributed by atoms with Gasteiger partial charge in [0.25, 0.3) is 0 Å². The lowest BCUT2D eigenvalue weighted by Gasteiger charge is -2.14. The van der Waals surface area contributed by atoms with Crippen molar-refractivity contribution >= 4 is 21.3 Å². The van der Waals surface area contributed by atoms with Crippen molar-refractivity contribution in [3.05, 3.63) is 66.5 Å². The van der Waals surface area contributed by atoms with E-state index >= 15 is 0 Å². The molecule has 3 heterocycles. The van der Waals surface area contributed by atoms with Gasteiger partial charge in [0.1, 0.15) is 39.3 Å². The first-order chi connectivity index (χ1) is 16.4. The van der Waals surface area contributed by atoms with Gasteiger partial charge in [0, 0.05) is 35.7 Å². The number of nitrogens with one attached hydrogen (secondary N) is 1. The fourth-order valence-electron chi connectivity index (χ4n) is 3.52. The molecule has 0 radical (unpaired) electrons. The van der Waals surface area contributed by atoms with Gasteiger partial charge in [-0.1, -0.05) is 6.07 Å². The number of fused-ring (bicyclic) bond motifs is 1. The van der Waals surface area contributed by atoms with E-state index in [9.17, 15) is 12.8 Å². The average molecular weight is 486 g/mol. The minimum Gasteiger partial charge on any atom is -0.496 e. The number of nitrogens with zero attached hydrogens (tertiary/aromatic N) is 4. The molecule has 0 unspecified atom stereocenters. The van der Waals surface area contributed by atoms with Crippen molar-refractivity contribution < 1.29 is 22.3 Å². The molecule has 4 rings (SSSR count). The van der Waals surface area contributed by atoms with Crippen molar-refractivity contribution in [2.24, 2.45) is 0 Å². The Labute approximate surface area is 196 Å². The van der Waals surface area contributed by atoms with E-state index in [1.54, 1.807) is 35.3 Å². The lowest BCUT2D eigenvalue weighted by Crippen LogP contribution is -2.08. The van der Waals surface area contributed by atoms with Crippen LogP contribution < -0.4 is 14.8 Å². The number of anilines is 1. The Hall–Kier alpha value is -3.73. The lowest BCUT2D eigenvalue weighted by atomic mass is 10.1. The summed E-state index contributed by atoms with van der Waals surface area (Å²) in [5, 5.41) is 11.5. The van der Waals surface area contributed by atoms with Gasteiger partial charge in [0.15, 0.2) is 5.65 Å². The molecule has 0 atom stereocenters. The number of hydrogen-bond donors (Lipinski definition) is 1. The molecule has 0 amide bonds. The third kappa shape index (κ3) is 5.42. The van der Waals surface area contributed by atoms with Crippen LogP contribution in [0.1, 0.15) is 12.0 Å². The van der Waals surface area contributed by atoms with E-state index in [0.717, 1.165) is 11.1 Å². The van der Waals surface area contributed by atoms with Crippen molar-refractivity contribution in [2.75, 3.05) is 31.0 Å². The molecule has 0 aliphatic carbocycles. The second-order valence-electron chi connectivity index (χ2n) is 7.67. The first-order valence-corrected chi connectivity index (χ1v) is 12.6. The predicted octanol–water partition coefficient (Wildman–Crippen LogP) is 3.36. The number of rotatable bonds is 10. The van der Waals surface area contributed by atoms with Gasteiger partial charge in [-0.3, -0.25) is 9.38 Å². The van der Waals surface area contributed by atoms with Gasteiger partial charge in [0.05, 0.1) is 25.7 Å². The zero-order valence-electron chi connectivity index (χ0n) is 18.7. The first kappa shape index (κ1) is 23.4. The summed E-state index contributed by atoms with van der Waals surface area (Å²) in [4.78, 5) is 4.24. The molecule has 9 nitrogen and oxygen atoms in total. The highest BCUT2D eigenvalue weighted by molar-refractivity contribution is 7.90. The van der Waals surface area contributed by atoms with E-state index < -0.39 is 9.84 Å². The van der Waals surface area contributed by atoms with Gasteiger partial charge >= 0.3 is 0 Å². The molecular weight excluding hydrogens is 461 g/mol. The minimum atomic E-state index is -3.03. The van der Waals surface area contributed by atoms with Crippen molar-refractivity contribution in [3.8, 4) is 22.6 Å². The fourth-order valence-corrected chi connectivity index (χ4v) is 4.16. The zero-order chi connectivity index (χ0) is 24.1. The summed E-state index contributed by atoms with van der Waals surface area (Å²) in [6.07, 6.45) is 6.42. The number of aromatic nitrogens is 4. The summed E-state index contributed by atoms with van der Waals surface area (Å²) in [5.74, 6) is 1.37. The van der Waals surface area contributed by atoms with Crippen LogP contribution in [0, 0.1) is 5.82 Å². The highest BCUT2D eigenvalue weighted by atomic mass is 32.2. The van der Waals surface area contributed by atoms with Crippen LogP contribution in [0.2, 0.25) is 0 Å². The summed E-state index contributed by atoms with van der Waals surface area (Å²) < 4.78 is 49.5. The molecule has 0 spiro atoms. The number of hydrogen-bond acceptors (Lipinski definition) is 8. The largest absolute Gasteiger partial charge is 0.496 e. The number of halogens is 1. The maximum atomic E-state index is 14.3. The molecule has 178 valence electrons. The molecule has 0 fully saturated rings. The van der Waals surface area contributed by atoms with E-state index in [-0.39, 0.29) is 24.7 Å². The number of sulfone groups is 1. The molecule has 4 aromatic rings. The van der Waals surface area contributed by atoms with Crippen LogP contribution in [-0.2, 0) is 16.4 Å². The smallest absolute Gasteiger partial charge is 0.170 e. The highest BCUT2D eigenvalue weighted by Crippen LogP contribution is 2.29. The van der Waals surface area contributed by atoms with Crippen molar-refractivity contribution in [2.45, 2.75) is 13.0 Å². The van der Waals surface area contributed by atoms with Crippen LogP contribution in [0.5, 0.6) is 11.5 Å². The van der Waals surface area contributed by atoms with Gasteiger partial charge < -0.3 is 14.8 Å². The minimum absolute atomic E-state index is 0.0632. The molecular formula is C23H24FN5O4S. The molecule has 34 heavy (non-hydrogen) atoms. The first-order valence-electron chi connectivity index (χ1n) is 10.5. The van der Waals surface area contributed by atoms with Gasteiger partial charge in [-0.05, 0) is 36.8 Å².